The van der Waals surface area contributed by atoms with Gasteiger partial charge in [0.15, 0.2) is 0 Å². The average Bonchev–Trinajstić information content (AvgIpc) is 2.72. The number of rotatable bonds is 2. The summed E-state index contributed by atoms with van der Waals surface area (Å²) in [6, 6.07) is 14.8. The summed E-state index contributed by atoms with van der Waals surface area (Å²) in [5.74, 6) is -1.47. The van der Waals surface area contributed by atoms with Gasteiger partial charge in [-0.25, -0.2) is 0 Å². The van der Waals surface area contributed by atoms with Gasteiger partial charge in [-0.15, -0.1) is 0 Å². The third-order valence-corrected chi connectivity index (χ3v) is 3.30. The van der Waals surface area contributed by atoms with Crippen molar-refractivity contribution in [2.45, 2.75) is 6.42 Å². The summed E-state index contributed by atoms with van der Waals surface area (Å²) < 4.78 is 0. The molecule has 5 nitrogen and oxygen atoms in total. The van der Waals surface area contributed by atoms with Crippen molar-refractivity contribution in [3.63, 3.8) is 0 Å². The van der Waals surface area contributed by atoms with Crippen molar-refractivity contribution in [3.05, 3.63) is 70.3 Å². The van der Waals surface area contributed by atoms with Crippen LogP contribution in [0.2, 0.25) is 0 Å². The molecule has 5 heteroatoms. The zero-order valence-corrected chi connectivity index (χ0v) is 10.5. The van der Waals surface area contributed by atoms with E-state index in [0.29, 0.717) is 17.7 Å². The topological polar surface area (TPSA) is 65.5 Å². The van der Waals surface area contributed by atoms with E-state index in [4.69, 9.17) is 5.39 Å². The first-order valence-electron chi connectivity index (χ1n) is 6.12. The van der Waals surface area contributed by atoms with Crippen LogP contribution in [0.25, 0.3) is 5.08 Å². The van der Waals surface area contributed by atoms with Crippen molar-refractivity contribution in [1.29, 1.82) is 5.39 Å². The van der Waals surface area contributed by atoms with Crippen LogP contribution in [0.1, 0.15) is 21.5 Å². The first-order chi connectivity index (χ1) is 9.72. The highest BCUT2D eigenvalue weighted by Gasteiger charge is 2.45. The van der Waals surface area contributed by atoms with E-state index in [1.54, 1.807) is 18.2 Å². The van der Waals surface area contributed by atoms with Crippen LogP contribution in [0.15, 0.2) is 48.5 Å². The minimum Gasteiger partial charge on any atom is -0.283 e. The molecule has 0 unspecified atom stereocenters. The van der Waals surface area contributed by atoms with Crippen LogP contribution in [0.3, 0.4) is 0 Å². The van der Waals surface area contributed by atoms with E-state index >= 15 is 0 Å². The summed E-state index contributed by atoms with van der Waals surface area (Å²) in [5.41, 5.74) is 2.44. The predicted octanol–water partition coefficient (Wildman–Crippen LogP) is 2.57. The Bertz CT molecular complexity index is 747. The molecule has 1 heterocycles. The SMILES string of the molecule is N#[N+]N1C(=O)C(=O)c2c(Cc3ccccc3)cccc21. The molecule has 20 heavy (non-hydrogen) atoms. The molecule has 0 saturated carbocycles. The number of Topliss-reactive ketones (excluding diaryl/α,β-unsaturated/α-hetero) is 1. The third kappa shape index (κ3) is 1.75. The van der Waals surface area contributed by atoms with Crippen molar-refractivity contribution in [2.24, 2.45) is 0 Å². The lowest BCUT2D eigenvalue weighted by molar-refractivity contribution is -0.113. The number of benzene rings is 2. The van der Waals surface area contributed by atoms with E-state index in [1.165, 1.54) is 0 Å². The smallest absolute Gasteiger partial charge is 0.283 e. The molecular formula is C15H10N3O2+. The number of diazo groups is 1. The summed E-state index contributed by atoms with van der Waals surface area (Å²) in [5, 5.41) is 12.5. The van der Waals surface area contributed by atoms with Gasteiger partial charge in [0, 0.05) is 0 Å². The molecule has 1 aliphatic rings. The Morgan fingerprint density at radius 2 is 1.75 bits per heavy atom. The van der Waals surface area contributed by atoms with Crippen LogP contribution in [-0.2, 0) is 11.2 Å². The van der Waals surface area contributed by atoms with Gasteiger partial charge in [-0.3, -0.25) is 9.59 Å². The van der Waals surface area contributed by atoms with Gasteiger partial charge in [0.2, 0.25) is 0 Å². The van der Waals surface area contributed by atoms with E-state index in [-0.39, 0.29) is 0 Å². The van der Waals surface area contributed by atoms with E-state index in [1.807, 2.05) is 30.3 Å². The highest BCUT2D eigenvalue weighted by molar-refractivity contribution is 6.52. The highest BCUT2D eigenvalue weighted by Crippen LogP contribution is 2.32. The van der Waals surface area contributed by atoms with Gasteiger partial charge >= 0.3 is 11.0 Å². The molecule has 0 bridgehead atoms. The second-order valence-electron chi connectivity index (χ2n) is 4.51. The van der Waals surface area contributed by atoms with Crippen molar-refractivity contribution in [2.75, 3.05) is 5.01 Å². The summed E-state index contributed by atoms with van der Waals surface area (Å²) >= 11 is 0. The Morgan fingerprint density at radius 3 is 2.45 bits per heavy atom. The molecule has 96 valence electrons. The Kier molecular flexibility index (Phi) is 2.77. The Hall–Kier alpha value is -3.00. The van der Waals surface area contributed by atoms with Gasteiger partial charge in [0.25, 0.3) is 11.2 Å². The van der Waals surface area contributed by atoms with Gasteiger partial charge in [0.05, 0.1) is 10.6 Å². The molecule has 0 aromatic heterocycles. The standard InChI is InChI=1S/C15H10N3O2/c16-17-18-12-8-4-7-11(13(12)14(19)15(18)20)9-10-5-2-1-3-6-10/h1-8H,9H2/q+1. The van der Waals surface area contributed by atoms with Crippen LogP contribution < -0.4 is 5.01 Å². The second kappa shape index (κ2) is 4.59. The van der Waals surface area contributed by atoms with Gasteiger partial charge in [-0.05, 0) is 23.6 Å². The summed E-state index contributed by atoms with van der Waals surface area (Å²) in [6.45, 7) is 0. The molecule has 0 fully saturated rings. The average molecular weight is 264 g/mol. The number of hydrogen-bond acceptors (Lipinski definition) is 3. The normalized spacial score (nSPS) is 13.2. The number of carbonyl (C=O) groups excluding carboxylic acids is 2. The van der Waals surface area contributed by atoms with Crippen LogP contribution in [-0.4, -0.2) is 11.7 Å². The Morgan fingerprint density at radius 1 is 1.00 bits per heavy atom. The lowest BCUT2D eigenvalue weighted by atomic mass is 9.97. The molecule has 0 N–H and O–H groups in total. The van der Waals surface area contributed by atoms with Crippen LogP contribution in [0, 0.1) is 5.39 Å². The molecule has 0 atom stereocenters. The lowest BCUT2D eigenvalue weighted by Crippen LogP contribution is -2.22. The van der Waals surface area contributed by atoms with Crippen molar-refractivity contribution < 1.29 is 9.59 Å². The largest absolute Gasteiger partial charge is 0.375 e. The zero-order chi connectivity index (χ0) is 14.1. The predicted molar refractivity (Wildman–Crippen MR) is 72.6 cm³/mol. The van der Waals surface area contributed by atoms with Gasteiger partial charge in [0.1, 0.15) is 5.69 Å². The molecule has 2 aromatic carbocycles. The van der Waals surface area contributed by atoms with Gasteiger partial charge in [-0.1, -0.05) is 42.5 Å². The van der Waals surface area contributed by atoms with Gasteiger partial charge in [-0.2, -0.15) is 0 Å². The van der Waals surface area contributed by atoms with E-state index in [9.17, 15) is 9.59 Å². The molecule has 1 amide bonds. The summed E-state index contributed by atoms with van der Waals surface area (Å²) in [4.78, 5) is 23.7. The highest BCUT2D eigenvalue weighted by atomic mass is 16.2. The fourth-order valence-corrected chi connectivity index (χ4v) is 2.39. The van der Waals surface area contributed by atoms with Crippen LogP contribution in [0.5, 0.6) is 0 Å². The molecule has 2 aromatic rings. The van der Waals surface area contributed by atoms with E-state index in [2.05, 4.69) is 5.08 Å². The fourth-order valence-electron chi connectivity index (χ4n) is 2.39. The van der Waals surface area contributed by atoms with Crippen molar-refractivity contribution in [3.8, 4) is 0 Å². The number of amides is 1. The van der Waals surface area contributed by atoms with Crippen LogP contribution >= 0.6 is 0 Å². The van der Waals surface area contributed by atoms with Gasteiger partial charge < -0.3 is 0 Å². The first kappa shape index (κ1) is 12.1. The first-order valence-corrected chi connectivity index (χ1v) is 6.12. The monoisotopic (exact) mass is 264 g/mol. The third-order valence-electron chi connectivity index (χ3n) is 3.30. The number of ketones is 1. The molecule has 0 spiro atoms. The van der Waals surface area contributed by atoms with Crippen molar-refractivity contribution in [1.82, 2.24) is 0 Å². The maximum atomic E-state index is 12.0. The van der Waals surface area contributed by atoms with Crippen molar-refractivity contribution >= 4 is 17.4 Å². The molecule has 0 saturated heterocycles. The maximum absolute atomic E-state index is 12.0. The molecular weight excluding hydrogens is 254 g/mol. The minimum absolute atomic E-state index is 0.319. The summed E-state index contributed by atoms with van der Waals surface area (Å²) in [7, 11) is 0. The fraction of sp³-hybridized carbons (Fsp3) is 0.0667. The number of carbonyl (C=O) groups is 2. The zero-order valence-electron chi connectivity index (χ0n) is 10.5. The quantitative estimate of drug-likeness (QED) is 0.618. The minimum atomic E-state index is -0.831. The number of anilines is 1. The van der Waals surface area contributed by atoms with Crippen LogP contribution in [0.4, 0.5) is 5.69 Å². The maximum Gasteiger partial charge on any atom is 0.375 e. The van der Waals surface area contributed by atoms with E-state index in [0.717, 1.165) is 16.1 Å². The molecule has 3 rings (SSSR count). The molecule has 1 aliphatic heterocycles. The molecule has 0 radical (unpaired) electrons. The van der Waals surface area contributed by atoms with E-state index < -0.39 is 11.7 Å². The number of nitrogens with zero attached hydrogens (tertiary/aromatic N) is 3. The Balaban J connectivity index is 2.08. The molecule has 0 aliphatic carbocycles. The lowest BCUT2D eigenvalue weighted by Gasteiger charge is -2.05. The Labute approximate surface area is 115 Å². The summed E-state index contributed by atoms with van der Waals surface area (Å²) in [6.07, 6.45) is 0.544. The number of hydrogen-bond donors (Lipinski definition) is 0. The second-order valence-corrected chi connectivity index (χ2v) is 4.51. The number of fused-ring (bicyclic) bond motifs is 1.